The average Bonchev–Trinajstić information content (AvgIpc) is 2.25. The predicted molar refractivity (Wildman–Crippen MR) is 70.0 cm³/mol. The fraction of sp³-hybridized carbons (Fsp3) is 0.462. The van der Waals surface area contributed by atoms with E-state index < -0.39 is 11.9 Å². The zero-order valence-corrected chi connectivity index (χ0v) is 11.0. The number of carbonyl (C=O) groups is 2. The summed E-state index contributed by atoms with van der Waals surface area (Å²) in [6, 6.07) is 3.29. The minimum atomic E-state index is -0.778. The molecule has 1 amide bonds. The van der Waals surface area contributed by atoms with Crippen LogP contribution >= 0.6 is 0 Å². The van der Waals surface area contributed by atoms with Crippen molar-refractivity contribution in [1.29, 1.82) is 0 Å². The topological polar surface area (TPSA) is 96.5 Å². The smallest absolute Gasteiger partial charge is 0.306 e. The first-order valence-corrected chi connectivity index (χ1v) is 6.14. The molecule has 1 saturated heterocycles. The second-order valence-corrected chi connectivity index (χ2v) is 5.01. The molecule has 19 heavy (non-hydrogen) atoms. The molecule has 1 aromatic rings. The van der Waals surface area contributed by atoms with Crippen molar-refractivity contribution in [2.24, 2.45) is 17.6 Å². The quantitative estimate of drug-likeness (QED) is 0.831. The molecule has 1 fully saturated rings. The molecule has 0 radical (unpaired) electrons. The summed E-state index contributed by atoms with van der Waals surface area (Å²) in [5.41, 5.74) is 6.41. The maximum absolute atomic E-state index is 11.2. The number of pyridine rings is 1. The molecule has 2 rings (SSSR count). The van der Waals surface area contributed by atoms with Gasteiger partial charge in [-0.3, -0.25) is 9.59 Å². The molecule has 0 saturated carbocycles. The van der Waals surface area contributed by atoms with Gasteiger partial charge in [0.2, 0.25) is 5.91 Å². The molecule has 1 aliphatic heterocycles. The van der Waals surface area contributed by atoms with Crippen LogP contribution in [-0.2, 0) is 4.79 Å². The van der Waals surface area contributed by atoms with E-state index in [1.54, 1.807) is 26.0 Å². The number of aliphatic carboxylic acids is 1. The van der Waals surface area contributed by atoms with Crippen molar-refractivity contribution in [3.8, 4) is 0 Å². The third-order valence-corrected chi connectivity index (χ3v) is 3.55. The summed E-state index contributed by atoms with van der Waals surface area (Å²) >= 11 is 0. The summed E-state index contributed by atoms with van der Waals surface area (Å²) in [7, 11) is 0. The fourth-order valence-corrected chi connectivity index (χ4v) is 2.17. The first kappa shape index (κ1) is 13.3. The van der Waals surface area contributed by atoms with Crippen LogP contribution in [0.25, 0.3) is 0 Å². The summed E-state index contributed by atoms with van der Waals surface area (Å²) in [5.74, 6) is -0.821. The maximum atomic E-state index is 11.2. The molecule has 0 aliphatic carbocycles. The van der Waals surface area contributed by atoms with E-state index in [1.165, 1.54) is 0 Å². The molecule has 1 unspecified atom stereocenters. The number of hydrogen-bond donors (Lipinski definition) is 2. The zero-order valence-electron chi connectivity index (χ0n) is 11.0. The van der Waals surface area contributed by atoms with Gasteiger partial charge in [0.15, 0.2) is 0 Å². The number of primary amides is 1. The van der Waals surface area contributed by atoms with Crippen LogP contribution in [0.1, 0.15) is 23.0 Å². The molecule has 1 aromatic heterocycles. The Kier molecular flexibility index (Phi) is 3.42. The Balaban J connectivity index is 2.09. The van der Waals surface area contributed by atoms with E-state index in [0.29, 0.717) is 24.5 Å². The summed E-state index contributed by atoms with van der Waals surface area (Å²) in [4.78, 5) is 28.4. The lowest BCUT2D eigenvalue weighted by Gasteiger charge is -2.42. The second kappa shape index (κ2) is 4.87. The zero-order chi connectivity index (χ0) is 14.2. The summed E-state index contributed by atoms with van der Waals surface area (Å²) in [6.45, 7) is 4.79. The molecular weight excluding hydrogens is 246 g/mol. The van der Waals surface area contributed by atoms with Gasteiger partial charge in [0.25, 0.3) is 0 Å². The van der Waals surface area contributed by atoms with E-state index in [0.717, 1.165) is 5.69 Å². The van der Waals surface area contributed by atoms with E-state index in [2.05, 4.69) is 4.98 Å². The number of amides is 1. The number of carboxylic acid groups (broad SMARTS) is 1. The number of aryl methyl sites for hydroxylation is 1. The monoisotopic (exact) mass is 263 g/mol. The van der Waals surface area contributed by atoms with Crippen molar-refractivity contribution >= 4 is 17.7 Å². The summed E-state index contributed by atoms with van der Waals surface area (Å²) in [5, 5.41) is 8.94. The summed E-state index contributed by atoms with van der Waals surface area (Å²) < 4.78 is 0. The number of carbonyl (C=O) groups excluding carboxylic acids is 1. The Morgan fingerprint density at radius 3 is 2.63 bits per heavy atom. The lowest BCUT2D eigenvalue weighted by atomic mass is 9.87. The van der Waals surface area contributed by atoms with Gasteiger partial charge in [-0.05, 0) is 19.1 Å². The van der Waals surface area contributed by atoms with Gasteiger partial charge in [0.05, 0.1) is 5.92 Å². The van der Waals surface area contributed by atoms with Gasteiger partial charge in [0, 0.05) is 30.3 Å². The second-order valence-electron chi connectivity index (χ2n) is 5.01. The fourth-order valence-electron chi connectivity index (χ4n) is 2.17. The van der Waals surface area contributed by atoms with Gasteiger partial charge >= 0.3 is 5.97 Å². The van der Waals surface area contributed by atoms with Gasteiger partial charge in [-0.15, -0.1) is 0 Å². The Morgan fingerprint density at radius 1 is 1.47 bits per heavy atom. The van der Waals surface area contributed by atoms with Crippen molar-refractivity contribution in [3.63, 3.8) is 0 Å². The van der Waals surface area contributed by atoms with Crippen molar-refractivity contribution in [2.45, 2.75) is 13.8 Å². The highest BCUT2D eigenvalue weighted by atomic mass is 16.4. The van der Waals surface area contributed by atoms with E-state index in [4.69, 9.17) is 10.8 Å². The van der Waals surface area contributed by atoms with Gasteiger partial charge in [-0.25, -0.2) is 4.98 Å². The van der Waals surface area contributed by atoms with Gasteiger partial charge < -0.3 is 15.7 Å². The Labute approximate surface area is 111 Å². The number of rotatable bonds is 4. The number of carboxylic acids is 1. The number of anilines is 1. The molecule has 2 heterocycles. The minimum Gasteiger partial charge on any atom is -0.481 e. The molecule has 0 aromatic carbocycles. The number of hydrogen-bond acceptors (Lipinski definition) is 4. The van der Waals surface area contributed by atoms with Crippen LogP contribution in [0.3, 0.4) is 0 Å². The van der Waals surface area contributed by atoms with Crippen LogP contribution in [0, 0.1) is 18.8 Å². The highest BCUT2D eigenvalue weighted by molar-refractivity contribution is 5.93. The van der Waals surface area contributed by atoms with Crippen molar-refractivity contribution < 1.29 is 14.7 Å². The van der Waals surface area contributed by atoms with E-state index in [1.807, 2.05) is 4.90 Å². The standard InChI is InChI=1S/C13H17N3O3/c1-7-3-9(12(14)17)4-11(15-7)16-5-10(6-16)8(2)13(18)19/h3-4,8,10H,5-6H2,1-2H3,(H2,14,17)(H,18,19). The van der Waals surface area contributed by atoms with Crippen molar-refractivity contribution in [1.82, 2.24) is 4.98 Å². The normalized spacial score (nSPS) is 16.8. The Hall–Kier alpha value is -2.11. The van der Waals surface area contributed by atoms with Crippen molar-refractivity contribution in [2.75, 3.05) is 18.0 Å². The van der Waals surface area contributed by atoms with Crippen LogP contribution in [-0.4, -0.2) is 35.1 Å². The van der Waals surface area contributed by atoms with Crippen LogP contribution in [0.4, 0.5) is 5.82 Å². The molecule has 3 N–H and O–H groups in total. The summed E-state index contributed by atoms with van der Waals surface area (Å²) in [6.07, 6.45) is 0. The lowest BCUT2D eigenvalue weighted by Crippen LogP contribution is -2.51. The Bertz CT molecular complexity index is 524. The third kappa shape index (κ3) is 2.67. The maximum Gasteiger partial charge on any atom is 0.306 e. The van der Waals surface area contributed by atoms with Crippen LogP contribution in [0.15, 0.2) is 12.1 Å². The molecule has 1 atom stereocenters. The predicted octanol–water partition coefficient (Wildman–Crippen LogP) is 0.646. The SMILES string of the molecule is Cc1cc(C(N)=O)cc(N2CC(C(C)C(=O)O)C2)n1. The highest BCUT2D eigenvalue weighted by Gasteiger charge is 2.35. The van der Waals surface area contributed by atoms with Gasteiger partial charge in [0.1, 0.15) is 5.82 Å². The lowest BCUT2D eigenvalue weighted by molar-refractivity contribution is -0.143. The minimum absolute atomic E-state index is 0.122. The molecule has 6 nitrogen and oxygen atoms in total. The molecule has 102 valence electrons. The number of aromatic nitrogens is 1. The molecule has 6 heteroatoms. The molecular formula is C13H17N3O3. The molecule has 1 aliphatic rings. The first-order chi connectivity index (χ1) is 8.88. The first-order valence-electron chi connectivity index (χ1n) is 6.14. The van der Waals surface area contributed by atoms with E-state index in [-0.39, 0.29) is 11.8 Å². The highest BCUT2D eigenvalue weighted by Crippen LogP contribution is 2.28. The van der Waals surface area contributed by atoms with Crippen LogP contribution < -0.4 is 10.6 Å². The van der Waals surface area contributed by atoms with Crippen LogP contribution in [0.5, 0.6) is 0 Å². The van der Waals surface area contributed by atoms with Gasteiger partial charge in [-0.1, -0.05) is 6.92 Å². The Morgan fingerprint density at radius 2 is 2.11 bits per heavy atom. The molecule has 0 spiro atoms. The largest absolute Gasteiger partial charge is 0.481 e. The third-order valence-electron chi connectivity index (χ3n) is 3.55. The van der Waals surface area contributed by atoms with Crippen molar-refractivity contribution in [3.05, 3.63) is 23.4 Å². The molecule has 0 bridgehead atoms. The van der Waals surface area contributed by atoms with E-state index in [9.17, 15) is 9.59 Å². The average molecular weight is 263 g/mol. The number of nitrogens with two attached hydrogens (primary N) is 1. The van der Waals surface area contributed by atoms with E-state index >= 15 is 0 Å². The van der Waals surface area contributed by atoms with Gasteiger partial charge in [-0.2, -0.15) is 0 Å². The number of nitrogens with zero attached hydrogens (tertiary/aromatic N) is 2. The van der Waals surface area contributed by atoms with Crippen LogP contribution in [0.2, 0.25) is 0 Å².